The lowest BCUT2D eigenvalue weighted by molar-refractivity contribution is 0.0690. The molecule has 0 radical (unpaired) electrons. The van der Waals surface area contributed by atoms with Crippen molar-refractivity contribution >= 4 is 11.6 Å². The fourth-order valence-corrected chi connectivity index (χ4v) is 2.53. The molecule has 0 aliphatic rings. The maximum Gasteiger partial charge on any atom is 0.355 e. The minimum Gasteiger partial charge on any atom is -0.476 e. The largest absolute Gasteiger partial charge is 0.476 e. The molecular weight excluding hydrogens is 252 g/mol. The Labute approximate surface area is 116 Å². The molecule has 0 fully saturated rings. The van der Waals surface area contributed by atoms with Gasteiger partial charge in [-0.1, -0.05) is 30.3 Å². The Kier molecular flexibility index (Phi) is 2.79. The molecule has 0 saturated carbocycles. The van der Waals surface area contributed by atoms with Gasteiger partial charge in [0.1, 0.15) is 11.3 Å². The minimum atomic E-state index is -0.969. The lowest BCUT2D eigenvalue weighted by Crippen LogP contribution is -2.06. The Hall–Kier alpha value is -2.62. The normalized spacial score (nSPS) is 10.9. The van der Waals surface area contributed by atoms with Crippen LogP contribution < -0.4 is 0 Å². The van der Waals surface area contributed by atoms with Crippen LogP contribution in [0, 0.1) is 13.8 Å². The van der Waals surface area contributed by atoms with Crippen molar-refractivity contribution in [1.82, 2.24) is 9.38 Å². The van der Waals surface area contributed by atoms with Gasteiger partial charge in [0.05, 0.1) is 0 Å². The Morgan fingerprint density at radius 2 is 1.85 bits per heavy atom. The van der Waals surface area contributed by atoms with Gasteiger partial charge in [0, 0.05) is 11.3 Å². The standard InChI is InChI=1S/C16H14N2O2/c1-10-8-11(2)18-13(9-10)17-14(15(18)16(19)20)12-6-4-3-5-7-12/h3-9H,1-2H3,(H,19,20). The molecule has 3 aromatic rings. The van der Waals surface area contributed by atoms with Crippen LogP contribution in [0.25, 0.3) is 16.9 Å². The van der Waals surface area contributed by atoms with E-state index in [0.717, 1.165) is 16.8 Å². The highest BCUT2D eigenvalue weighted by Gasteiger charge is 2.20. The summed E-state index contributed by atoms with van der Waals surface area (Å²) in [6, 6.07) is 13.2. The van der Waals surface area contributed by atoms with Crippen molar-refractivity contribution in [3.63, 3.8) is 0 Å². The van der Waals surface area contributed by atoms with Gasteiger partial charge in [-0.05, 0) is 31.5 Å². The molecule has 0 atom stereocenters. The van der Waals surface area contributed by atoms with E-state index in [1.54, 1.807) is 4.40 Å². The number of carboxylic acid groups (broad SMARTS) is 1. The number of nitrogens with zero attached hydrogens (tertiary/aromatic N) is 2. The number of aryl methyl sites for hydroxylation is 2. The Morgan fingerprint density at radius 3 is 2.50 bits per heavy atom. The van der Waals surface area contributed by atoms with Crippen molar-refractivity contribution in [2.24, 2.45) is 0 Å². The topological polar surface area (TPSA) is 54.6 Å². The van der Waals surface area contributed by atoms with Crippen LogP contribution in [0.1, 0.15) is 21.7 Å². The predicted molar refractivity (Wildman–Crippen MR) is 77.1 cm³/mol. The summed E-state index contributed by atoms with van der Waals surface area (Å²) in [6.45, 7) is 3.87. The van der Waals surface area contributed by atoms with Gasteiger partial charge in [-0.25, -0.2) is 9.78 Å². The Bertz CT molecular complexity index is 804. The van der Waals surface area contributed by atoms with Crippen LogP contribution >= 0.6 is 0 Å². The zero-order chi connectivity index (χ0) is 14.3. The second-order valence-corrected chi connectivity index (χ2v) is 4.85. The summed E-state index contributed by atoms with van der Waals surface area (Å²) in [6.07, 6.45) is 0. The molecule has 0 bridgehead atoms. The van der Waals surface area contributed by atoms with Gasteiger partial charge in [-0.3, -0.25) is 4.40 Å². The van der Waals surface area contributed by atoms with Crippen molar-refractivity contribution in [1.29, 1.82) is 0 Å². The van der Waals surface area contributed by atoms with Crippen molar-refractivity contribution < 1.29 is 9.90 Å². The summed E-state index contributed by atoms with van der Waals surface area (Å²) in [4.78, 5) is 16.2. The van der Waals surface area contributed by atoms with Gasteiger partial charge >= 0.3 is 5.97 Å². The van der Waals surface area contributed by atoms with Crippen molar-refractivity contribution in [3.8, 4) is 11.3 Å². The fraction of sp³-hybridized carbons (Fsp3) is 0.125. The van der Waals surface area contributed by atoms with Crippen LogP contribution in [0.5, 0.6) is 0 Å². The highest BCUT2D eigenvalue weighted by atomic mass is 16.4. The lowest BCUT2D eigenvalue weighted by atomic mass is 10.1. The number of imidazole rings is 1. The van der Waals surface area contributed by atoms with Crippen molar-refractivity contribution in [3.05, 3.63) is 59.4 Å². The molecule has 0 aliphatic carbocycles. The first-order chi connectivity index (χ1) is 9.58. The molecule has 1 aromatic carbocycles. The lowest BCUT2D eigenvalue weighted by Gasteiger charge is -2.04. The van der Waals surface area contributed by atoms with E-state index in [0.29, 0.717) is 11.3 Å². The van der Waals surface area contributed by atoms with E-state index in [9.17, 15) is 9.90 Å². The molecule has 20 heavy (non-hydrogen) atoms. The molecule has 0 amide bonds. The van der Waals surface area contributed by atoms with Crippen LogP contribution in [0.3, 0.4) is 0 Å². The SMILES string of the molecule is Cc1cc(C)n2c(C(=O)O)c(-c3ccccc3)nc2c1. The summed E-state index contributed by atoms with van der Waals surface area (Å²) in [7, 11) is 0. The number of hydrogen-bond acceptors (Lipinski definition) is 2. The van der Waals surface area contributed by atoms with Crippen LogP contribution in [-0.2, 0) is 0 Å². The quantitative estimate of drug-likeness (QED) is 0.774. The number of rotatable bonds is 2. The van der Waals surface area contributed by atoms with Crippen LogP contribution in [0.4, 0.5) is 0 Å². The summed E-state index contributed by atoms with van der Waals surface area (Å²) in [5.41, 5.74) is 4.13. The van der Waals surface area contributed by atoms with Crippen LogP contribution in [0.2, 0.25) is 0 Å². The molecule has 0 aliphatic heterocycles. The third kappa shape index (κ3) is 1.86. The maximum atomic E-state index is 11.6. The van der Waals surface area contributed by atoms with E-state index in [4.69, 9.17) is 0 Å². The molecule has 4 nitrogen and oxygen atoms in total. The molecule has 2 heterocycles. The number of aromatic carboxylic acids is 1. The van der Waals surface area contributed by atoms with Gasteiger partial charge < -0.3 is 5.11 Å². The molecule has 1 N–H and O–H groups in total. The summed E-state index contributed by atoms with van der Waals surface area (Å²) < 4.78 is 1.69. The summed E-state index contributed by atoms with van der Waals surface area (Å²) in [5, 5.41) is 9.55. The molecule has 3 rings (SSSR count). The Morgan fingerprint density at radius 1 is 1.15 bits per heavy atom. The van der Waals surface area contributed by atoms with Gasteiger partial charge in [-0.15, -0.1) is 0 Å². The second kappa shape index (κ2) is 4.49. The first-order valence-electron chi connectivity index (χ1n) is 6.36. The first-order valence-corrected chi connectivity index (χ1v) is 6.36. The van der Waals surface area contributed by atoms with Crippen molar-refractivity contribution in [2.75, 3.05) is 0 Å². The third-order valence-corrected chi connectivity index (χ3v) is 3.30. The smallest absolute Gasteiger partial charge is 0.355 e. The van der Waals surface area contributed by atoms with Gasteiger partial charge in [-0.2, -0.15) is 0 Å². The van der Waals surface area contributed by atoms with E-state index in [1.807, 2.05) is 56.3 Å². The molecule has 2 aromatic heterocycles. The van der Waals surface area contributed by atoms with E-state index >= 15 is 0 Å². The fourth-order valence-electron chi connectivity index (χ4n) is 2.53. The summed E-state index contributed by atoms with van der Waals surface area (Å²) in [5.74, 6) is -0.969. The predicted octanol–water partition coefficient (Wildman–Crippen LogP) is 3.32. The van der Waals surface area contributed by atoms with Gasteiger partial charge in [0.2, 0.25) is 0 Å². The number of benzene rings is 1. The van der Waals surface area contributed by atoms with E-state index in [2.05, 4.69) is 4.98 Å². The average Bonchev–Trinajstić information content (AvgIpc) is 2.79. The zero-order valence-electron chi connectivity index (χ0n) is 11.3. The number of fused-ring (bicyclic) bond motifs is 1. The van der Waals surface area contributed by atoms with Crippen LogP contribution in [-0.4, -0.2) is 20.5 Å². The first kappa shape index (κ1) is 12.4. The molecule has 0 unspecified atom stereocenters. The molecule has 0 spiro atoms. The number of hydrogen-bond donors (Lipinski definition) is 1. The molecule has 100 valence electrons. The van der Waals surface area contributed by atoms with Gasteiger partial charge in [0.25, 0.3) is 0 Å². The monoisotopic (exact) mass is 266 g/mol. The average molecular weight is 266 g/mol. The molecule has 0 saturated heterocycles. The molecule has 4 heteroatoms. The second-order valence-electron chi connectivity index (χ2n) is 4.85. The number of aromatic nitrogens is 2. The Balaban J connectivity index is 2.41. The third-order valence-electron chi connectivity index (χ3n) is 3.30. The van der Waals surface area contributed by atoms with Gasteiger partial charge in [0.15, 0.2) is 5.69 Å². The van der Waals surface area contributed by atoms with Crippen LogP contribution in [0.15, 0.2) is 42.5 Å². The van der Waals surface area contributed by atoms with E-state index in [1.165, 1.54) is 0 Å². The van der Waals surface area contributed by atoms with E-state index in [-0.39, 0.29) is 5.69 Å². The number of pyridine rings is 1. The minimum absolute atomic E-state index is 0.212. The van der Waals surface area contributed by atoms with Crippen molar-refractivity contribution in [2.45, 2.75) is 13.8 Å². The highest BCUT2D eigenvalue weighted by molar-refractivity contribution is 5.94. The zero-order valence-corrected chi connectivity index (χ0v) is 11.3. The maximum absolute atomic E-state index is 11.6. The number of carboxylic acids is 1. The summed E-state index contributed by atoms with van der Waals surface area (Å²) >= 11 is 0. The number of carbonyl (C=O) groups is 1. The highest BCUT2D eigenvalue weighted by Crippen LogP contribution is 2.26. The molecular formula is C16H14N2O2. The van der Waals surface area contributed by atoms with E-state index < -0.39 is 5.97 Å².